The number of para-hydroxylation sites is 1. The van der Waals surface area contributed by atoms with Crippen LogP contribution in [0.4, 0.5) is 0 Å². The first-order chi connectivity index (χ1) is 57.1. The zero-order valence-electron chi connectivity index (χ0n) is 68.0. The van der Waals surface area contributed by atoms with Gasteiger partial charge in [0.15, 0.2) is 34.7 Å². The third kappa shape index (κ3) is 8.40. The monoisotopic (exact) mass is 1420 g/mol. The van der Waals surface area contributed by atoms with E-state index in [2.05, 4.69) is 96.3 Å². The summed E-state index contributed by atoms with van der Waals surface area (Å²) in [5.41, 5.74) is 22.2. The van der Waals surface area contributed by atoms with Crippen molar-refractivity contribution in [2.45, 2.75) is 32.7 Å². The zero-order valence-corrected chi connectivity index (χ0v) is 56.8. The smallest absolute Gasteiger partial charge is 0.339 e. The predicted molar refractivity (Wildman–Crippen MR) is 400 cm³/mol. The van der Waals surface area contributed by atoms with Crippen LogP contribution in [0.15, 0.2) is 232 Å². The Hall–Kier alpha value is -13.8. The van der Waals surface area contributed by atoms with E-state index in [-0.39, 0.29) is 0 Å². The van der Waals surface area contributed by atoms with E-state index in [4.69, 9.17) is 20.9 Å². The van der Waals surface area contributed by atoms with Crippen molar-refractivity contribution in [1.82, 2.24) is 86.0 Å². The van der Waals surface area contributed by atoms with Gasteiger partial charge in [0.25, 0.3) is 28.6 Å². The maximum Gasteiger partial charge on any atom is 0.339 e. The number of aromatic nitrogens is 23. The summed E-state index contributed by atoms with van der Waals surface area (Å²) in [5, 5.41) is 2.40. The van der Waals surface area contributed by atoms with Crippen LogP contribution in [0.25, 0.3) is 161 Å². The van der Waals surface area contributed by atoms with E-state index in [9.17, 15) is 0 Å². The molecule has 21 aromatic rings. The van der Waals surface area contributed by atoms with Crippen molar-refractivity contribution in [2.75, 3.05) is 0 Å². The topological polar surface area (TPSA) is 200 Å². The molecule has 25 heterocycles. The van der Waals surface area contributed by atoms with E-state index in [1.807, 2.05) is 123 Å². The Labute approximate surface area is 621 Å². The van der Waals surface area contributed by atoms with Crippen molar-refractivity contribution in [3.8, 4) is 62.6 Å². The number of pyridine rings is 8. The number of fused-ring (bicyclic) bond motifs is 35. The van der Waals surface area contributed by atoms with Crippen LogP contribution in [0.1, 0.15) is 44.3 Å². The van der Waals surface area contributed by atoms with Gasteiger partial charge in [0.05, 0.1) is 115 Å². The summed E-state index contributed by atoms with van der Waals surface area (Å²) in [5.74, 6) is 3.87. The second-order valence-corrected chi connectivity index (χ2v) is 27.6. The third-order valence-electron chi connectivity index (χ3n) is 21.1. The van der Waals surface area contributed by atoms with Crippen LogP contribution in [0.3, 0.4) is 0 Å². The van der Waals surface area contributed by atoms with Gasteiger partial charge >= 0.3 is 5.71 Å². The molecular weight excluding hydrogens is 1340 g/mol. The summed E-state index contributed by atoms with van der Waals surface area (Å²) in [6.07, 6.45) is 35.0. The highest BCUT2D eigenvalue weighted by atomic mass is 32.1. The summed E-state index contributed by atoms with van der Waals surface area (Å²) >= 11 is 1.61. The highest BCUT2D eigenvalue weighted by molar-refractivity contribution is 7.25. The summed E-state index contributed by atoms with van der Waals surface area (Å²) in [7, 11) is 2.11. The first kappa shape index (κ1) is 48.9. The van der Waals surface area contributed by atoms with E-state index in [1.165, 1.54) is 51.9 Å². The maximum atomic E-state index is 8.30. The Balaban J connectivity index is 0.0000000894. The molecule has 0 aliphatic carbocycles. The number of thiophene rings is 1. The lowest BCUT2D eigenvalue weighted by Crippen LogP contribution is -2.33. The first-order valence-corrected chi connectivity index (χ1v) is 34.9. The fourth-order valence-corrected chi connectivity index (χ4v) is 17.7. The average molecular weight is 1420 g/mol. The minimum Gasteiger partial charge on any atom is -0.419 e. The molecule has 1 aromatic carbocycles. The van der Waals surface area contributed by atoms with Crippen molar-refractivity contribution >= 4 is 109 Å². The van der Waals surface area contributed by atoms with E-state index in [0.29, 0.717) is 82.8 Å². The number of hydrogen-bond donors (Lipinski definition) is 0. The largest absolute Gasteiger partial charge is 0.419 e. The van der Waals surface area contributed by atoms with E-state index in [0.717, 1.165) is 105 Å². The Bertz CT molecular complexity index is 7380. The molecule has 25 heteroatoms. The fraction of sp³-hybridized carbons (Fsp3) is 0.123. The molecule has 0 saturated carbocycles. The van der Waals surface area contributed by atoms with Crippen molar-refractivity contribution in [3.05, 3.63) is 255 Å². The second-order valence-electron chi connectivity index (χ2n) is 26.6. The quantitative estimate of drug-likeness (QED) is 0.142. The van der Waals surface area contributed by atoms with Crippen LogP contribution in [-0.2, 0) is 67.7 Å². The molecule has 5 aliphatic heterocycles. The molecule has 508 valence electrons. The van der Waals surface area contributed by atoms with Gasteiger partial charge in [-0.1, -0.05) is 29.5 Å². The number of rotatable bonds is 1. The van der Waals surface area contributed by atoms with Gasteiger partial charge in [-0.05, 0) is 66.7 Å². The molecule has 0 atom stereocenters. The third-order valence-corrected chi connectivity index (χ3v) is 22.2. The molecule has 26 rings (SSSR count). The van der Waals surface area contributed by atoms with Gasteiger partial charge in [-0.2, -0.15) is 4.57 Å². The summed E-state index contributed by atoms with van der Waals surface area (Å²) in [4.78, 5) is 42.9. The number of hydrogen-bond acceptors (Lipinski definition) is 12. The van der Waals surface area contributed by atoms with Gasteiger partial charge in [0.1, 0.15) is 40.9 Å². The van der Waals surface area contributed by atoms with Crippen molar-refractivity contribution in [3.63, 3.8) is 0 Å². The van der Waals surface area contributed by atoms with Gasteiger partial charge in [0, 0.05) is 162 Å². The van der Waals surface area contributed by atoms with Crippen LogP contribution in [0.5, 0.6) is 0 Å². The Morgan fingerprint density at radius 2 is 0.896 bits per heavy atom. The fourth-order valence-electron chi connectivity index (χ4n) is 16.5. The summed E-state index contributed by atoms with van der Waals surface area (Å²) in [6, 6.07) is 33.6. The maximum absolute atomic E-state index is 8.30. The first-order valence-electron chi connectivity index (χ1n) is 40.1. The van der Waals surface area contributed by atoms with Crippen molar-refractivity contribution < 1.29 is 43.7 Å². The van der Waals surface area contributed by atoms with E-state index in [1.54, 1.807) is 117 Å². The molecule has 0 radical (unpaired) electrons. The molecule has 0 unspecified atom stereocenters. The normalized spacial score (nSPS) is 15.1. The number of imidazole rings is 5. The van der Waals surface area contributed by atoms with E-state index >= 15 is 0 Å². The SMILES string of the molecule is C[n+]1c2n(c3cc4ccncn4c31)Cc1ccncc1-2.[2H]C([2H])([2H])[n+]1c2n(c3cc4ccncn4c31)Cc1ccncc1-2.[2H]C([2H])([2H])n1c2[n+](c3c1c1cnccc1n3-c1ccccc1)Cc1ccncc1-2.[2H]C([2H])([2H])n1c2[n+](c3oc4ccncc4c31)Cc1ccncc1-2.[2H]C([2H])([2H])n1c2[n+](c3sc4ccncc4c31)Cc1ccncc1-2. The molecule has 0 bridgehead atoms. The van der Waals surface area contributed by atoms with E-state index < -0.39 is 27.9 Å². The average Bonchev–Trinajstić information content (AvgIpc) is 1.54. The predicted octanol–water partition coefficient (Wildman–Crippen LogP) is 10.8. The number of nitrogens with zero attached hydrogens (tertiary/aromatic N) is 23. The van der Waals surface area contributed by atoms with Crippen LogP contribution < -0.4 is 22.8 Å². The molecular formula is C81H62N23OS+5. The summed E-state index contributed by atoms with van der Waals surface area (Å²) in [6.45, 7) is -5.83. The Morgan fingerprint density at radius 1 is 0.415 bits per heavy atom. The lowest BCUT2D eigenvalue weighted by atomic mass is 10.2. The molecule has 0 N–H and O–H groups in total. The van der Waals surface area contributed by atoms with Crippen LogP contribution in [0, 0.1) is 0 Å². The van der Waals surface area contributed by atoms with Gasteiger partial charge in [-0.3, -0.25) is 44.4 Å². The molecule has 0 amide bonds. The molecule has 5 aliphatic rings. The highest BCUT2D eigenvalue weighted by Gasteiger charge is 2.40. The van der Waals surface area contributed by atoms with Crippen LogP contribution in [0.2, 0.25) is 0 Å². The molecule has 0 fully saturated rings. The number of aryl methyl sites for hydroxylation is 5. The van der Waals surface area contributed by atoms with Gasteiger partial charge in [0.2, 0.25) is 27.8 Å². The highest BCUT2D eigenvalue weighted by Crippen LogP contribution is 2.41. The molecule has 106 heavy (non-hydrogen) atoms. The molecule has 20 aromatic heterocycles. The van der Waals surface area contributed by atoms with Crippen LogP contribution >= 0.6 is 11.3 Å². The van der Waals surface area contributed by atoms with Crippen LogP contribution in [-0.4, -0.2) is 86.0 Å². The second kappa shape index (κ2) is 22.6. The molecule has 0 saturated heterocycles. The van der Waals surface area contributed by atoms with Gasteiger partial charge in [-0.15, -0.1) is 0 Å². The zero-order chi connectivity index (χ0) is 80.3. The van der Waals surface area contributed by atoms with Crippen molar-refractivity contribution in [2.24, 2.45) is 35.0 Å². The number of furan rings is 1. The Morgan fingerprint density at radius 3 is 1.52 bits per heavy atom. The standard InChI is InChI=1S/C21H16N5.2C15H12N5.C15H11N4O.C15H11N4S/c1-24-19-17-12-23-10-8-18(17)26(15-5-3-2-4-6-15)21(19)25-13-14-7-9-22-11-16(14)20(24)25;2*1-18-14-12-7-16-4-2-10(12)8-19(14)13-6-11-3-5-17-9-20(11)15(13)18;2*1-18-13-11-7-17-5-3-12(11)20-15(13)19-8-9-2-4-16-6-10(9)14(18)19/h2-12H,13H2,1H3;2*2-7,9H,8H2,1H3;2*2-7H,8H2,1H3/q5*+1/i2*1D3;;2*1D3. The molecule has 0 spiro atoms. The minimum absolute atomic E-state index is 0.551. The lowest BCUT2D eigenvalue weighted by molar-refractivity contribution is -0.652. The van der Waals surface area contributed by atoms with Crippen molar-refractivity contribution in [1.29, 1.82) is 0 Å². The van der Waals surface area contributed by atoms with Gasteiger partial charge < -0.3 is 4.42 Å². The lowest BCUT2D eigenvalue weighted by Gasteiger charge is -2.03. The number of benzene rings is 1. The minimum atomic E-state index is -2.35. The Kier molecular flexibility index (Phi) is 10.4. The molecule has 24 nitrogen and oxygen atoms in total. The van der Waals surface area contributed by atoms with Gasteiger partial charge in [-0.25, -0.2) is 59.9 Å². The summed E-state index contributed by atoms with van der Waals surface area (Å²) < 4.78 is 129.